The molecule has 1 fully saturated rings. The van der Waals surface area contributed by atoms with Gasteiger partial charge in [-0.3, -0.25) is 4.79 Å². The molecule has 2 atom stereocenters. The molecule has 1 aliphatic rings. The van der Waals surface area contributed by atoms with Crippen LogP contribution in [0, 0.1) is 16.7 Å². The summed E-state index contributed by atoms with van der Waals surface area (Å²) in [6.07, 6.45) is 0.741. The number of rotatable bonds is 6. The van der Waals surface area contributed by atoms with Crippen molar-refractivity contribution in [3.63, 3.8) is 0 Å². The summed E-state index contributed by atoms with van der Waals surface area (Å²) in [5, 5.41) is 24.7. The number of methoxy groups -OCH3 is 1. The van der Waals surface area contributed by atoms with E-state index in [1.807, 2.05) is 78.9 Å². The normalized spacial score (nSPS) is 17.2. The second-order valence-corrected chi connectivity index (χ2v) is 10.8. The number of para-hydroxylation sites is 1. The highest BCUT2D eigenvalue weighted by Crippen LogP contribution is 2.48. The van der Waals surface area contributed by atoms with E-state index in [0.29, 0.717) is 36.7 Å². The highest BCUT2D eigenvalue weighted by Gasteiger charge is 2.49. The van der Waals surface area contributed by atoms with E-state index in [2.05, 4.69) is 6.07 Å². The fourth-order valence-electron chi connectivity index (χ4n) is 5.89. The van der Waals surface area contributed by atoms with Crippen molar-refractivity contribution in [2.24, 2.45) is 5.41 Å². The number of fused-ring (bicyclic) bond motifs is 1. The molecule has 0 saturated carbocycles. The number of hydrogen-bond donors (Lipinski definition) is 1. The number of ether oxygens (including phenoxy) is 1. The van der Waals surface area contributed by atoms with E-state index in [4.69, 9.17) is 16.3 Å². The third-order valence-corrected chi connectivity index (χ3v) is 8.35. The molecule has 0 unspecified atom stereocenters. The fourth-order valence-corrected chi connectivity index (χ4v) is 6.02. The van der Waals surface area contributed by atoms with Crippen LogP contribution in [0.25, 0.3) is 10.8 Å². The predicted octanol–water partition coefficient (Wildman–Crippen LogP) is 6.67. The summed E-state index contributed by atoms with van der Waals surface area (Å²) in [7, 11) is 1.60. The van der Waals surface area contributed by atoms with Crippen LogP contribution in [0.3, 0.4) is 0 Å². The fraction of sp³-hybridized carbons (Fsp3) is 0.273. The minimum Gasteiger partial charge on any atom is -0.496 e. The van der Waals surface area contributed by atoms with Crippen molar-refractivity contribution in [3.8, 4) is 11.8 Å². The minimum absolute atomic E-state index is 0.257. The Hall–Kier alpha value is -3.85. The molecule has 5 rings (SSSR count). The lowest BCUT2D eigenvalue weighted by atomic mass is 9.68. The highest BCUT2D eigenvalue weighted by atomic mass is 35.5. The van der Waals surface area contributed by atoms with Gasteiger partial charge in [0.15, 0.2) is 0 Å². The molecule has 6 heteroatoms. The van der Waals surface area contributed by atoms with Crippen LogP contribution in [0.2, 0.25) is 5.02 Å². The van der Waals surface area contributed by atoms with Gasteiger partial charge >= 0.3 is 0 Å². The number of piperidine rings is 1. The second kappa shape index (κ2) is 10.7. The zero-order valence-electron chi connectivity index (χ0n) is 22.1. The molecule has 0 bridgehead atoms. The summed E-state index contributed by atoms with van der Waals surface area (Å²) in [5.41, 5.74) is -0.0332. The molecule has 1 aliphatic heterocycles. The molecule has 5 nitrogen and oxygen atoms in total. The maximum absolute atomic E-state index is 14.3. The number of carbonyl (C=O) groups excluding carboxylic acids is 1. The number of aliphatic hydroxyl groups is 1. The van der Waals surface area contributed by atoms with E-state index >= 15 is 0 Å². The van der Waals surface area contributed by atoms with Crippen molar-refractivity contribution in [2.75, 3.05) is 20.2 Å². The highest BCUT2D eigenvalue weighted by molar-refractivity contribution is 6.30. The van der Waals surface area contributed by atoms with Crippen LogP contribution < -0.4 is 4.74 Å². The zero-order valence-corrected chi connectivity index (χ0v) is 22.9. The smallest absolute Gasteiger partial charge is 0.243 e. The van der Waals surface area contributed by atoms with Gasteiger partial charge in [0, 0.05) is 29.6 Å². The topological polar surface area (TPSA) is 73.6 Å². The molecule has 4 aromatic carbocycles. The van der Waals surface area contributed by atoms with Crippen LogP contribution in [0.15, 0.2) is 91.0 Å². The largest absolute Gasteiger partial charge is 0.496 e. The number of halogens is 1. The third kappa shape index (κ3) is 4.87. The van der Waals surface area contributed by atoms with Crippen LogP contribution in [0.4, 0.5) is 0 Å². The first-order valence-corrected chi connectivity index (χ1v) is 13.5. The molecule has 39 heavy (non-hydrogen) atoms. The maximum atomic E-state index is 14.3. The number of nitrogens with zero attached hydrogens (tertiary/aromatic N) is 2. The Kier molecular flexibility index (Phi) is 7.36. The molecule has 0 aromatic heterocycles. The average molecular weight is 539 g/mol. The molecule has 0 aliphatic carbocycles. The number of amides is 1. The molecule has 1 saturated heterocycles. The van der Waals surface area contributed by atoms with E-state index in [9.17, 15) is 15.2 Å². The van der Waals surface area contributed by atoms with Gasteiger partial charge in [-0.15, -0.1) is 0 Å². The van der Waals surface area contributed by atoms with Crippen LogP contribution >= 0.6 is 11.6 Å². The lowest BCUT2D eigenvalue weighted by Crippen LogP contribution is -2.51. The Balaban J connectivity index is 1.55. The lowest BCUT2D eigenvalue weighted by Gasteiger charge is -2.42. The Morgan fingerprint density at radius 2 is 1.59 bits per heavy atom. The summed E-state index contributed by atoms with van der Waals surface area (Å²) in [6, 6.07) is 31.2. The molecule has 198 valence electrons. The standard InChI is InChI=1S/C33H31ClN2O3/c1-32(22-35,31(37)36-20-18-33(38,19-21-36)24-14-16-25(34)17-15-24)30(28-11-5-6-13-29(28)39-2)27-12-7-9-23-8-3-4-10-26(23)27/h3-17,30,38H,18-21H2,1-2H3/t30-,32+/m0/s1. The summed E-state index contributed by atoms with van der Waals surface area (Å²) in [4.78, 5) is 16.1. The molecule has 1 N–H and O–H groups in total. The summed E-state index contributed by atoms with van der Waals surface area (Å²) < 4.78 is 5.73. The maximum Gasteiger partial charge on any atom is 0.243 e. The molecule has 0 spiro atoms. The van der Waals surface area contributed by atoms with Crippen molar-refractivity contribution in [1.29, 1.82) is 5.26 Å². The first-order valence-electron chi connectivity index (χ1n) is 13.1. The zero-order chi connectivity index (χ0) is 27.6. The molecular formula is C33H31ClN2O3. The van der Waals surface area contributed by atoms with E-state index in [-0.39, 0.29) is 5.91 Å². The first kappa shape index (κ1) is 26.7. The lowest BCUT2D eigenvalue weighted by molar-refractivity contribution is -0.143. The Morgan fingerprint density at radius 1 is 0.974 bits per heavy atom. The summed E-state index contributed by atoms with van der Waals surface area (Å²) in [6.45, 7) is 2.40. The number of hydrogen-bond acceptors (Lipinski definition) is 4. The summed E-state index contributed by atoms with van der Waals surface area (Å²) >= 11 is 6.04. The second-order valence-electron chi connectivity index (χ2n) is 10.4. The van der Waals surface area contributed by atoms with Gasteiger partial charge in [0.2, 0.25) is 5.91 Å². The van der Waals surface area contributed by atoms with Gasteiger partial charge in [-0.25, -0.2) is 0 Å². The van der Waals surface area contributed by atoms with Gasteiger partial charge in [-0.2, -0.15) is 5.26 Å². The van der Waals surface area contributed by atoms with Crippen LogP contribution in [0.1, 0.15) is 42.4 Å². The Labute approximate surface area is 234 Å². The quantitative estimate of drug-likeness (QED) is 0.297. The minimum atomic E-state index is -1.44. The van der Waals surface area contributed by atoms with Crippen molar-refractivity contribution >= 4 is 28.3 Å². The van der Waals surface area contributed by atoms with Gasteiger partial charge in [0.25, 0.3) is 0 Å². The van der Waals surface area contributed by atoms with Gasteiger partial charge in [0.1, 0.15) is 11.2 Å². The summed E-state index contributed by atoms with van der Waals surface area (Å²) in [5.74, 6) is -0.221. The molecular weight excluding hydrogens is 508 g/mol. The average Bonchev–Trinajstić information content (AvgIpc) is 2.98. The Morgan fingerprint density at radius 3 is 2.28 bits per heavy atom. The number of carbonyl (C=O) groups is 1. The Bertz CT molecular complexity index is 1530. The monoisotopic (exact) mass is 538 g/mol. The predicted molar refractivity (Wildman–Crippen MR) is 154 cm³/mol. The van der Waals surface area contributed by atoms with Crippen LogP contribution in [0.5, 0.6) is 5.75 Å². The van der Waals surface area contributed by atoms with Gasteiger partial charge in [-0.1, -0.05) is 84.4 Å². The number of likely N-dealkylation sites (tertiary alicyclic amines) is 1. The van der Waals surface area contributed by atoms with Gasteiger partial charge < -0.3 is 14.7 Å². The van der Waals surface area contributed by atoms with E-state index < -0.39 is 16.9 Å². The van der Waals surface area contributed by atoms with Crippen molar-refractivity contribution in [2.45, 2.75) is 31.3 Å². The van der Waals surface area contributed by atoms with Gasteiger partial charge in [-0.05, 0) is 59.9 Å². The number of benzene rings is 4. The van der Waals surface area contributed by atoms with Crippen molar-refractivity contribution < 1.29 is 14.6 Å². The van der Waals surface area contributed by atoms with E-state index in [1.54, 1.807) is 31.1 Å². The van der Waals surface area contributed by atoms with Gasteiger partial charge in [0.05, 0.1) is 18.8 Å². The van der Waals surface area contributed by atoms with Crippen LogP contribution in [-0.4, -0.2) is 36.1 Å². The van der Waals surface area contributed by atoms with Crippen molar-refractivity contribution in [3.05, 3.63) is 113 Å². The number of nitriles is 1. The molecule has 1 amide bonds. The third-order valence-electron chi connectivity index (χ3n) is 8.10. The molecule has 0 radical (unpaired) electrons. The molecule has 1 heterocycles. The van der Waals surface area contributed by atoms with Crippen molar-refractivity contribution in [1.82, 2.24) is 4.90 Å². The molecule has 4 aromatic rings. The van der Waals surface area contributed by atoms with E-state index in [1.165, 1.54) is 0 Å². The SMILES string of the molecule is COc1ccccc1[C@H](c1cccc2ccccc12)[C@@](C)(C#N)C(=O)N1CCC(O)(c2ccc(Cl)cc2)CC1. The first-order chi connectivity index (χ1) is 18.8. The van der Waals surface area contributed by atoms with E-state index in [0.717, 1.165) is 27.5 Å². The van der Waals surface area contributed by atoms with Crippen LogP contribution in [-0.2, 0) is 10.4 Å².